The highest BCUT2D eigenvalue weighted by molar-refractivity contribution is 14.1. The standard InChI is InChI=1S/C20H18INO3S2/c1-4-25-18-15(21)9-13(10-16(18)24-3)11-17-19(23)22(20(26)27-17)14-7-5-12(2)6-8-14/h5-11H,4H2,1-3H3/b17-11-. The number of amides is 1. The molecule has 0 saturated carbocycles. The van der Waals surface area contributed by atoms with Crippen molar-refractivity contribution in [1.82, 2.24) is 0 Å². The monoisotopic (exact) mass is 511 g/mol. The highest BCUT2D eigenvalue weighted by Gasteiger charge is 2.33. The van der Waals surface area contributed by atoms with E-state index in [4.69, 9.17) is 21.7 Å². The maximum Gasteiger partial charge on any atom is 0.270 e. The molecule has 1 aliphatic heterocycles. The van der Waals surface area contributed by atoms with E-state index in [1.807, 2.05) is 56.3 Å². The molecular formula is C20H18INO3S2. The van der Waals surface area contributed by atoms with Crippen molar-refractivity contribution in [3.63, 3.8) is 0 Å². The van der Waals surface area contributed by atoms with Gasteiger partial charge in [0.25, 0.3) is 5.91 Å². The van der Waals surface area contributed by atoms with Crippen LogP contribution < -0.4 is 14.4 Å². The van der Waals surface area contributed by atoms with Gasteiger partial charge in [-0.1, -0.05) is 41.7 Å². The van der Waals surface area contributed by atoms with E-state index >= 15 is 0 Å². The first-order valence-electron chi connectivity index (χ1n) is 8.29. The predicted molar refractivity (Wildman–Crippen MR) is 124 cm³/mol. The summed E-state index contributed by atoms with van der Waals surface area (Å²) in [6, 6.07) is 11.6. The van der Waals surface area contributed by atoms with E-state index in [2.05, 4.69) is 22.6 Å². The lowest BCUT2D eigenvalue weighted by Gasteiger charge is -2.14. The van der Waals surface area contributed by atoms with Crippen LogP contribution in [0.5, 0.6) is 11.5 Å². The van der Waals surface area contributed by atoms with E-state index in [9.17, 15) is 4.79 Å². The molecule has 7 heteroatoms. The number of rotatable bonds is 5. The van der Waals surface area contributed by atoms with Crippen molar-refractivity contribution in [2.75, 3.05) is 18.6 Å². The number of halogens is 1. The first kappa shape index (κ1) is 20.2. The molecule has 3 rings (SSSR count). The molecule has 0 unspecified atom stereocenters. The number of thiocarbonyl (C=S) groups is 1. The molecule has 0 bridgehead atoms. The lowest BCUT2D eigenvalue weighted by atomic mass is 10.1. The zero-order valence-electron chi connectivity index (χ0n) is 15.1. The van der Waals surface area contributed by atoms with Gasteiger partial charge in [-0.2, -0.15) is 0 Å². The van der Waals surface area contributed by atoms with Gasteiger partial charge in [-0.15, -0.1) is 0 Å². The van der Waals surface area contributed by atoms with Gasteiger partial charge in [0.15, 0.2) is 15.8 Å². The van der Waals surface area contributed by atoms with E-state index in [-0.39, 0.29) is 5.91 Å². The summed E-state index contributed by atoms with van der Waals surface area (Å²) in [5, 5.41) is 0. The van der Waals surface area contributed by atoms with Crippen molar-refractivity contribution in [3.8, 4) is 11.5 Å². The average Bonchev–Trinajstić information content (AvgIpc) is 2.91. The number of anilines is 1. The predicted octanol–water partition coefficient (Wildman–Crippen LogP) is 5.41. The number of ether oxygens (including phenoxy) is 2. The van der Waals surface area contributed by atoms with Crippen LogP contribution in [-0.4, -0.2) is 23.9 Å². The summed E-state index contributed by atoms with van der Waals surface area (Å²) >= 11 is 8.95. The fourth-order valence-electron chi connectivity index (χ4n) is 2.64. The zero-order chi connectivity index (χ0) is 19.6. The summed E-state index contributed by atoms with van der Waals surface area (Å²) in [6.07, 6.45) is 1.84. The number of carbonyl (C=O) groups is 1. The van der Waals surface area contributed by atoms with E-state index in [0.717, 1.165) is 20.4 Å². The van der Waals surface area contributed by atoms with Crippen LogP contribution in [0.1, 0.15) is 18.1 Å². The van der Waals surface area contributed by atoms with Gasteiger partial charge < -0.3 is 9.47 Å². The van der Waals surface area contributed by atoms with Gasteiger partial charge in [0.2, 0.25) is 0 Å². The smallest absolute Gasteiger partial charge is 0.270 e. The Morgan fingerprint density at radius 2 is 1.96 bits per heavy atom. The van der Waals surface area contributed by atoms with Crippen molar-refractivity contribution < 1.29 is 14.3 Å². The minimum Gasteiger partial charge on any atom is -0.493 e. The van der Waals surface area contributed by atoms with Gasteiger partial charge in [-0.05, 0) is 72.3 Å². The third-order valence-corrected chi connectivity index (χ3v) is 6.03. The highest BCUT2D eigenvalue weighted by Crippen LogP contribution is 2.38. The molecule has 1 saturated heterocycles. The molecule has 27 heavy (non-hydrogen) atoms. The summed E-state index contributed by atoms with van der Waals surface area (Å²) < 4.78 is 12.6. The van der Waals surface area contributed by atoms with E-state index in [0.29, 0.717) is 27.3 Å². The SMILES string of the molecule is CCOc1c(I)cc(/C=C2\SC(=S)N(c3ccc(C)cc3)C2=O)cc1OC. The molecule has 140 valence electrons. The first-order valence-corrected chi connectivity index (χ1v) is 10.6. The second kappa shape index (κ2) is 8.62. The van der Waals surface area contributed by atoms with Crippen LogP contribution in [0.3, 0.4) is 0 Å². The third kappa shape index (κ3) is 4.30. The summed E-state index contributed by atoms with van der Waals surface area (Å²) in [7, 11) is 1.61. The number of benzene rings is 2. The molecule has 4 nitrogen and oxygen atoms in total. The van der Waals surface area contributed by atoms with Crippen LogP contribution in [0.15, 0.2) is 41.3 Å². The second-order valence-corrected chi connectivity index (χ2v) is 8.66. The van der Waals surface area contributed by atoms with E-state index in [1.165, 1.54) is 11.8 Å². The van der Waals surface area contributed by atoms with Crippen molar-refractivity contribution in [1.29, 1.82) is 0 Å². The Labute approximate surface area is 182 Å². The number of aryl methyl sites for hydroxylation is 1. The van der Waals surface area contributed by atoms with E-state index in [1.54, 1.807) is 12.0 Å². The Hall–Kier alpha value is -1.58. The van der Waals surface area contributed by atoms with Gasteiger partial charge in [0.1, 0.15) is 0 Å². The maximum absolute atomic E-state index is 12.9. The number of methoxy groups -OCH3 is 1. The number of hydrogen-bond donors (Lipinski definition) is 0. The lowest BCUT2D eigenvalue weighted by molar-refractivity contribution is -0.113. The second-order valence-electron chi connectivity index (χ2n) is 5.82. The fourth-order valence-corrected chi connectivity index (χ4v) is 4.72. The minimum atomic E-state index is -0.114. The average molecular weight is 511 g/mol. The molecule has 0 aromatic heterocycles. The molecule has 1 aliphatic rings. The van der Waals surface area contributed by atoms with Gasteiger partial charge in [0.05, 0.1) is 27.9 Å². The Bertz CT molecular complexity index is 926. The zero-order valence-corrected chi connectivity index (χ0v) is 18.9. The number of hydrogen-bond acceptors (Lipinski definition) is 5. The molecule has 0 radical (unpaired) electrons. The quantitative estimate of drug-likeness (QED) is 0.305. The summed E-state index contributed by atoms with van der Waals surface area (Å²) in [5.74, 6) is 1.24. The summed E-state index contributed by atoms with van der Waals surface area (Å²) in [4.78, 5) is 15.1. The topological polar surface area (TPSA) is 38.8 Å². The normalized spacial score (nSPS) is 15.6. The van der Waals surface area contributed by atoms with Crippen LogP contribution in [0.4, 0.5) is 5.69 Å². The van der Waals surface area contributed by atoms with Crippen LogP contribution >= 0.6 is 46.6 Å². The van der Waals surface area contributed by atoms with Crippen LogP contribution in [-0.2, 0) is 4.79 Å². The van der Waals surface area contributed by atoms with Crippen molar-refractivity contribution in [3.05, 3.63) is 56.0 Å². The van der Waals surface area contributed by atoms with Crippen molar-refractivity contribution >= 4 is 68.6 Å². The summed E-state index contributed by atoms with van der Waals surface area (Å²) in [6.45, 7) is 4.50. The molecule has 0 aliphatic carbocycles. The molecule has 0 spiro atoms. The van der Waals surface area contributed by atoms with Gasteiger partial charge in [0, 0.05) is 0 Å². The molecule has 1 amide bonds. The Kier molecular flexibility index (Phi) is 6.44. The molecular weight excluding hydrogens is 493 g/mol. The Balaban J connectivity index is 1.94. The molecule has 0 N–H and O–H groups in total. The lowest BCUT2D eigenvalue weighted by Crippen LogP contribution is -2.27. The van der Waals surface area contributed by atoms with Crippen molar-refractivity contribution in [2.45, 2.75) is 13.8 Å². The van der Waals surface area contributed by atoms with Gasteiger partial charge in [-0.3, -0.25) is 9.69 Å². The van der Waals surface area contributed by atoms with Crippen molar-refractivity contribution in [2.24, 2.45) is 0 Å². The van der Waals surface area contributed by atoms with Crippen LogP contribution in [0, 0.1) is 10.5 Å². The molecule has 2 aromatic carbocycles. The third-order valence-electron chi connectivity index (χ3n) is 3.92. The minimum absolute atomic E-state index is 0.114. The molecule has 0 atom stereocenters. The largest absolute Gasteiger partial charge is 0.493 e. The van der Waals surface area contributed by atoms with Crippen LogP contribution in [0.2, 0.25) is 0 Å². The number of nitrogens with zero attached hydrogens (tertiary/aromatic N) is 1. The van der Waals surface area contributed by atoms with Gasteiger partial charge in [-0.25, -0.2) is 0 Å². The Morgan fingerprint density at radius 1 is 1.26 bits per heavy atom. The fraction of sp³-hybridized carbons (Fsp3) is 0.200. The number of carbonyl (C=O) groups excluding carboxylic acids is 1. The maximum atomic E-state index is 12.9. The molecule has 1 heterocycles. The molecule has 2 aromatic rings. The summed E-state index contributed by atoms with van der Waals surface area (Å²) in [5.41, 5.74) is 2.78. The molecule has 1 fully saturated rings. The number of thioether (sulfide) groups is 1. The van der Waals surface area contributed by atoms with E-state index < -0.39 is 0 Å². The Morgan fingerprint density at radius 3 is 2.59 bits per heavy atom. The first-order chi connectivity index (χ1) is 12.9. The highest BCUT2D eigenvalue weighted by atomic mass is 127. The van der Waals surface area contributed by atoms with Gasteiger partial charge >= 0.3 is 0 Å². The van der Waals surface area contributed by atoms with Crippen LogP contribution in [0.25, 0.3) is 6.08 Å².